The van der Waals surface area contributed by atoms with Gasteiger partial charge in [-0.05, 0) is 45.2 Å². The van der Waals surface area contributed by atoms with Gasteiger partial charge in [0, 0.05) is 18.3 Å². The molecule has 0 bridgehead atoms. The van der Waals surface area contributed by atoms with Crippen molar-refractivity contribution >= 4 is 11.8 Å². The number of amides is 1. The summed E-state index contributed by atoms with van der Waals surface area (Å²) in [4.78, 5) is 17.4. The first-order valence-corrected chi connectivity index (χ1v) is 7.71. The summed E-state index contributed by atoms with van der Waals surface area (Å²) < 4.78 is 43.3. The van der Waals surface area contributed by atoms with Gasteiger partial charge in [0.05, 0.1) is 5.70 Å². The molecular weight excluding hydrogens is 321 g/mol. The van der Waals surface area contributed by atoms with E-state index in [0.29, 0.717) is 17.8 Å². The zero-order valence-electron chi connectivity index (χ0n) is 14.1. The van der Waals surface area contributed by atoms with Crippen LogP contribution in [-0.2, 0) is 10.9 Å². The Morgan fingerprint density at radius 1 is 1.29 bits per heavy atom. The highest BCUT2D eigenvalue weighted by atomic mass is 19.4. The SMILES string of the molecule is CC1CC=C(c2ccc(C(F)(F)F)nc2)N(C(=O)OC(C)(C)C)C1. The Morgan fingerprint density at radius 2 is 1.96 bits per heavy atom. The van der Waals surface area contributed by atoms with Gasteiger partial charge in [-0.1, -0.05) is 13.0 Å². The van der Waals surface area contributed by atoms with Crippen LogP contribution in [-0.4, -0.2) is 28.1 Å². The molecule has 0 spiro atoms. The van der Waals surface area contributed by atoms with Crippen molar-refractivity contribution in [1.82, 2.24) is 9.88 Å². The van der Waals surface area contributed by atoms with Crippen LogP contribution in [0.3, 0.4) is 0 Å². The molecule has 0 saturated carbocycles. The summed E-state index contributed by atoms with van der Waals surface area (Å²) in [6.07, 6.45) is -1.29. The zero-order chi connectivity index (χ0) is 18.1. The molecule has 1 aromatic rings. The van der Waals surface area contributed by atoms with Crippen molar-refractivity contribution in [2.45, 2.75) is 45.9 Å². The fourth-order valence-corrected chi connectivity index (χ4v) is 2.38. The number of alkyl halides is 3. The van der Waals surface area contributed by atoms with E-state index in [0.717, 1.165) is 18.7 Å². The highest BCUT2D eigenvalue weighted by molar-refractivity contribution is 5.82. The quantitative estimate of drug-likeness (QED) is 0.742. The Balaban J connectivity index is 2.30. The minimum absolute atomic E-state index is 0.240. The van der Waals surface area contributed by atoms with Crippen molar-refractivity contribution in [3.63, 3.8) is 0 Å². The molecule has 0 radical (unpaired) electrons. The van der Waals surface area contributed by atoms with Crippen LogP contribution in [0.1, 0.15) is 45.4 Å². The van der Waals surface area contributed by atoms with E-state index in [2.05, 4.69) is 4.98 Å². The molecule has 1 atom stereocenters. The molecular formula is C17H21F3N2O2. The Bertz CT molecular complexity index is 631. The maximum Gasteiger partial charge on any atom is 0.433 e. The lowest BCUT2D eigenvalue weighted by atomic mass is 9.99. The number of halogens is 3. The number of nitrogens with zero attached hydrogens (tertiary/aromatic N) is 2. The predicted molar refractivity (Wildman–Crippen MR) is 83.9 cm³/mol. The second-order valence-corrected chi connectivity index (χ2v) is 6.95. The molecule has 2 rings (SSSR count). The normalized spacial score (nSPS) is 19.0. The summed E-state index contributed by atoms with van der Waals surface area (Å²) in [6.45, 7) is 7.74. The molecule has 7 heteroatoms. The first-order valence-electron chi connectivity index (χ1n) is 7.71. The Labute approximate surface area is 139 Å². The average molecular weight is 342 g/mol. The van der Waals surface area contributed by atoms with Crippen molar-refractivity contribution in [1.29, 1.82) is 0 Å². The summed E-state index contributed by atoms with van der Waals surface area (Å²) in [5, 5.41) is 0. The van der Waals surface area contributed by atoms with Crippen molar-refractivity contribution in [2.24, 2.45) is 5.92 Å². The van der Waals surface area contributed by atoms with Gasteiger partial charge >= 0.3 is 12.3 Å². The molecule has 1 unspecified atom stereocenters. The first kappa shape index (κ1) is 18.3. The molecule has 0 aliphatic carbocycles. The molecule has 0 N–H and O–H groups in total. The van der Waals surface area contributed by atoms with Crippen molar-refractivity contribution < 1.29 is 22.7 Å². The van der Waals surface area contributed by atoms with Gasteiger partial charge in [-0.3, -0.25) is 9.88 Å². The number of hydrogen-bond donors (Lipinski definition) is 0. The van der Waals surface area contributed by atoms with E-state index in [1.54, 1.807) is 20.8 Å². The summed E-state index contributed by atoms with van der Waals surface area (Å²) in [5.74, 6) is 0.240. The number of allylic oxidation sites excluding steroid dienone is 1. The number of carbonyl (C=O) groups is 1. The predicted octanol–water partition coefficient (Wildman–Crippen LogP) is 4.72. The monoisotopic (exact) mass is 342 g/mol. The van der Waals surface area contributed by atoms with E-state index in [4.69, 9.17) is 4.74 Å². The number of aromatic nitrogens is 1. The Hall–Kier alpha value is -2.05. The molecule has 0 saturated heterocycles. The summed E-state index contributed by atoms with van der Waals surface area (Å²) in [6, 6.07) is 2.25. The van der Waals surface area contributed by atoms with Crippen LogP contribution in [0.4, 0.5) is 18.0 Å². The molecule has 0 aromatic carbocycles. The second kappa shape index (κ2) is 6.45. The molecule has 2 heterocycles. The van der Waals surface area contributed by atoms with Gasteiger partial charge in [-0.15, -0.1) is 0 Å². The number of carbonyl (C=O) groups excluding carboxylic acids is 1. The molecule has 24 heavy (non-hydrogen) atoms. The van der Waals surface area contributed by atoms with Crippen LogP contribution in [0.5, 0.6) is 0 Å². The third kappa shape index (κ3) is 4.49. The van der Waals surface area contributed by atoms with Gasteiger partial charge < -0.3 is 4.74 Å². The minimum Gasteiger partial charge on any atom is -0.443 e. The third-order valence-electron chi connectivity index (χ3n) is 3.46. The second-order valence-electron chi connectivity index (χ2n) is 6.95. The van der Waals surface area contributed by atoms with Crippen LogP contribution in [0.15, 0.2) is 24.4 Å². The molecule has 4 nitrogen and oxygen atoms in total. The van der Waals surface area contributed by atoms with Crippen molar-refractivity contribution in [3.8, 4) is 0 Å². The average Bonchev–Trinajstić information content (AvgIpc) is 2.44. The molecule has 1 aromatic heterocycles. The van der Waals surface area contributed by atoms with Crippen molar-refractivity contribution in [2.75, 3.05) is 6.54 Å². The smallest absolute Gasteiger partial charge is 0.433 e. The van der Waals surface area contributed by atoms with Crippen LogP contribution < -0.4 is 0 Å². The van der Waals surface area contributed by atoms with Gasteiger partial charge in [0.15, 0.2) is 0 Å². The van der Waals surface area contributed by atoms with Gasteiger partial charge in [-0.25, -0.2) is 4.79 Å². The van der Waals surface area contributed by atoms with E-state index >= 15 is 0 Å². The lowest BCUT2D eigenvalue weighted by Crippen LogP contribution is -2.39. The lowest BCUT2D eigenvalue weighted by molar-refractivity contribution is -0.141. The number of rotatable bonds is 1. The Kier molecular flexibility index (Phi) is 4.92. The van der Waals surface area contributed by atoms with Gasteiger partial charge in [0.2, 0.25) is 0 Å². The fourth-order valence-electron chi connectivity index (χ4n) is 2.38. The highest BCUT2D eigenvalue weighted by Gasteiger charge is 2.33. The maximum absolute atomic E-state index is 12.6. The van der Waals surface area contributed by atoms with Gasteiger partial charge in [0.1, 0.15) is 11.3 Å². The number of hydrogen-bond acceptors (Lipinski definition) is 3. The molecule has 132 valence electrons. The van der Waals surface area contributed by atoms with E-state index in [1.807, 2.05) is 13.0 Å². The topological polar surface area (TPSA) is 42.4 Å². The largest absolute Gasteiger partial charge is 0.443 e. The maximum atomic E-state index is 12.6. The lowest BCUT2D eigenvalue weighted by Gasteiger charge is -2.33. The van der Waals surface area contributed by atoms with Crippen LogP contribution in [0.25, 0.3) is 5.70 Å². The first-order chi connectivity index (χ1) is 11.0. The van der Waals surface area contributed by atoms with E-state index in [9.17, 15) is 18.0 Å². The number of ether oxygens (including phenoxy) is 1. The van der Waals surface area contributed by atoms with Crippen molar-refractivity contribution in [3.05, 3.63) is 35.7 Å². The van der Waals surface area contributed by atoms with E-state index < -0.39 is 23.6 Å². The Morgan fingerprint density at radius 3 is 2.46 bits per heavy atom. The van der Waals surface area contributed by atoms with Gasteiger partial charge in [0.25, 0.3) is 0 Å². The zero-order valence-corrected chi connectivity index (χ0v) is 14.1. The molecule has 0 fully saturated rings. The van der Waals surface area contributed by atoms with Crippen LogP contribution >= 0.6 is 0 Å². The number of pyridine rings is 1. The van der Waals surface area contributed by atoms with E-state index in [1.165, 1.54) is 11.0 Å². The van der Waals surface area contributed by atoms with Crippen LogP contribution in [0.2, 0.25) is 0 Å². The third-order valence-corrected chi connectivity index (χ3v) is 3.46. The summed E-state index contributed by atoms with van der Waals surface area (Å²) in [7, 11) is 0. The molecule has 1 aliphatic rings. The molecule has 1 aliphatic heterocycles. The summed E-state index contributed by atoms with van der Waals surface area (Å²) >= 11 is 0. The van der Waals surface area contributed by atoms with Gasteiger partial charge in [-0.2, -0.15) is 13.2 Å². The minimum atomic E-state index is -4.49. The molecule has 1 amide bonds. The van der Waals surface area contributed by atoms with E-state index in [-0.39, 0.29) is 5.92 Å². The highest BCUT2D eigenvalue weighted by Crippen LogP contribution is 2.31. The van der Waals surface area contributed by atoms with Crippen LogP contribution in [0, 0.1) is 5.92 Å². The standard InChI is InChI=1S/C17H21F3N2O2/c1-11-5-7-13(22(10-11)15(23)24-16(2,3)4)12-6-8-14(21-9-12)17(18,19)20/h6-9,11H,5,10H2,1-4H3. The summed E-state index contributed by atoms with van der Waals surface area (Å²) in [5.41, 5.74) is -0.620. The fraction of sp³-hybridized carbons (Fsp3) is 0.529.